The van der Waals surface area contributed by atoms with Crippen molar-refractivity contribution in [2.75, 3.05) is 23.7 Å². The minimum atomic E-state index is -0.786. The van der Waals surface area contributed by atoms with E-state index in [-0.39, 0.29) is 5.28 Å². The van der Waals surface area contributed by atoms with Crippen LogP contribution in [0.4, 0.5) is 11.9 Å². The molecule has 0 bridgehead atoms. The minimum Gasteiger partial charge on any atom is -0.388 e. The molecule has 6 nitrogen and oxygen atoms in total. The number of aliphatic hydroxyl groups is 1. The molecule has 3 N–H and O–H groups in total. The number of hydrogen-bond donors (Lipinski definition) is 3. The van der Waals surface area contributed by atoms with Gasteiger partial charge < -0.3 is 15.7 Å². The molecule has 0 aliphatic carbocycles. The van der Waals surface area contributed by atoms with Crippen molar-refractivity contribution in [3.8, 4) is 0 Å². The Balaban J connectivity index is 2.66. The van der Waals surface area contributed by atoms with Gasteiger partial charge >= 0.3 is 0 Å². The van der Waals surface area contributed by atoms with Crippen molar-refractivity contribution < 1.29 is 5.11 Å². The van der Waals surface area contributed by atoms with E-state index in [4.69, 9.17) is 11.6 Å². The van der Waals surface area contributed by atoms with E-state index in [9.17, 15) is 5.11 Å². The van der Waals surface area contributed by atoms with Gasteiger partial charge in [-0.15, -0.1) is 0 Å². The summed E-state index contributed by atoms with van der Waals surface area (Å²) in [4.78, 5) is 12.0. The zero-order valence-corrected chi connectivity index (χ0v) is 11.8. The summed E-state index contributed by atoms with van der Waals surface area (Å²) in [5.74, 6) is 0.789. The van der Waals surface area contributed by atoms with Gasteiger partial charge in [-0.05, 0) is 31.9 Å². The third-order valence-electron chi connectivity index (χ3n) is 2.36. The SMILES string of the molecule is CCCC(C)(O)CNc1nc(Cl)nc(NCC)n1. The molecule has 1 aromatic heterocycles. The van der Waals surface area contributed by atoms with Crippen LogP contribution in [0.2, 0.25) is 5.28 Å². The fraction of sp³-hybridized carbons (Fsp3) is 0.727. The first-order valence-electron chi connectivity index (χ1n) is 6.08. The van der Waals surface area contributed by atoms with Gasteiger partial charge in [-0.3, -0.25) is 0 Å². The Hall–Kier alpha value is -1.14. The van der Waals surface area contributed by atoms with Crippen LogP contribution in [0.1, 0.15) is 33.6 Å². The standard InChI is InChI=1S/C11H20ClN5O/c1-4-6-11(3,18)7-14-10-16-8(12)15-9(17-10)13-5-2/h18H,4-7H2,1-3H3,(H2,13,14,15,16,17). The number of nitrogens with one attached hydrogen (secondary N) is 2. The number of hydrogen-bond acceptors (Lipinski definition) is 6. The lowest BCUT2D eigenvalue weighted by atomic mass is 10.0. The van der Waals surface area contributed by atoms with Crippen LogP contribution in [0.25, 0.3) is 0 Å². The van der Waals surface area contributed by atoms with Crippen molar-refractivity contribution in [2.45, 2.75) is 39.2 Å². The molecule has 102 valence electrons. The van der Waals surface area contributed by atoms with E-state index in [0.717, 1.165) is 6.42 Å². The predicted molar refractivity (Wildman–Crippen MR) is 73.0 cm³/mol. The van der Waals surface area contributed by atoms with Gasteiger partial charge in [0.25, 0.3) is 0 Å². The largest absolute Gasteiger partial charge is 0.388 e. The highest BCUT2D eigenvalue weighted by molar-refractivity contribution is 6.28. The average Bonchev–Trinajstić information content (AvgIpc) is 2.26. The van der Waals surface area contributed by atoms with Gasteiger partial charge in [-0.1, -0.05) is 13.3 Å². The number of halogens is 1. The van der Waals surface area contributed by atoms with Crippen LogP contribution in [0.5, 0.6) is 0 Å². The molecular formula is C11H20ClN5O. The molecule has 7 heteroatoms. The summed E-state index contributed by atoms with van der Waals surface area (Å²) >= 11 is 5.79. The van der Waals surface area contributed by atoms with Gasteiger partial charge in [0.05, 0.1) is 5.60 Å². The molecule has 0 spiro atoms. The molecule has 1 atom stereocenters. The van der Waals surface area contributed by atoms with Crippen LogP contribution in [-0.4, -0.2) is 38.7 Å². The molecule has 1 rings (SSSR count). The molecule has 0 fully saturated rings. The number of rotatable bonds is 7. The first kappa shape index (κ1) is 14.9. The summed E-state index contributed by atoms with van der Waals surface area (Å²) in [6.45, 7) is 6.81. The maximum Gasteiger partial charge on any atom is 0.228 e. The summed E-state index contributed by atoms with van der Waals surface area (Å²) in [7, 11) is 0. The second-order valence-electron chi connectivity index (χ2n) is 4.38. The highest BCUT2D eigenvalue weighted by Gasteiger charge is 2.19. The minimum absolute atomic E-state index is 0.124. The van der Waals surface area contributed by atoms with Crippen molar-refractivity contribution in [2.24, 2.45) is 0 Å². The monoisotopic (exact) mass is 273 g/mol. The lowest BCUT2D eigenvalue weighted by Crippen LogP contribution is -2.33. The molecule has 0 amide bonds. The zero-order valence-electron chi connectivity index (χ0n) is 11.0. The lowest BCUT2D eigenvalue weighted by molar-refractivity contribution is 0.0635. The predicted octanol–water partition coefficient (Wildman–Crippen LogP) is 1.92. The van der Waals surface area contributed by atoms with Crippen LogP contribution < -0.4 is 10.6 Å². The molecule has 0 aliphatic heterocycles. The lowest BCUT2D eigenvalue weighted by Gasteiger charge is -2.22. The van der Waals surface area contributed by atoms with Crippen LogP contribution in [-0.2, 0) is 0 Å². The summed E-state index contributed by atoms with van der Waals surface area (Å²) in [6, 6.07) is 0. The molecule has 0 radical (unpaired) electrons. The summed E-state index contributed by atoms with van der Waals surface area (Å²) in [5.41, 5.74) is -0.786. The molecule has 18 heavy (non-hydrogen) atoms. The zero-order chi connectivity index (χ0) is 13.6. The Labute approximate surface area is 112 Å². The van der Waals surface area contributed by atoms with Crippen molar-refractivity contribution in [3.63, 3.8) is 0 Å². The maximum absolute atomic E-state index is 10.0. The first-order valence-corrected chi connectivity index (χ1v) is 6.46. The van der Waals surface area contributed by atoms with Crippen LogP contribution in [0.3, 0.4) is 0 Å². The Morgan fingerprint density at radius 3 is 2.33 bits per heavy atom. The van der Waals surface area contributed by atoms with Crippen molar-refractivity contribution >= 4 is 23.5 Å². The average molecular weight is 274 g/mol. The normalized spacial score (nSPS) is 14.1. The molecule has 0 saturated heterocycles. The van der Waals surface area contributed by atoms with Gasteiger partial charge in [0, 0.05) is 13.1 Å². The van der Waals surface area contributed by atoms with E-state index in [1.54, 1.807) is 6.92 Å². The Bertz CT molecular complexity index is 386. The number of nitrogens with zero attached hydrogens (tertiary/aromatic N) is 3. The highest BCUT2D eigenvalue weighted by atomic mass is 35.5. The van der Waals surface area contributed by atoms with Gasteiger partial charge in [-0.25, -0.2) is 0 Å². The van der Waals surface area contributed by atoms with Crippen LogP contribution in [0, 0.1) is 0 Å². The second-order valence-corrected chi connectivity index (χ2v) is 4.72. The van der Waals surface area contributed by atoms with Crippen molar-refractivity contribution in [3.05, 3.63) is 5.28 Å². The first-order chi connectivity index (χ1) is 8.46. The molecule has 0 aromatic carbocycles. The smallest absolute Gasteiger partial charge is 0.228 e. The Morgan fingerprint density at radius 1 is 1.17 bits per heavy atom. The van der Waals surface area contributed by atoms with Crippen molar-refractivity contribution in [1.82, 2.24) is 15.0 Å². The second kappa shape index (κ2) is 6.70. The molecule has 0 saturated carbocycles. The highest BCUT2D eigenvalue weighted by Crippen LogP contribution is 2.14. The van der Waals surface area contributed by atoms with Crippen molar-refractivity contribution in [1.29, 1.82) is 0 Å². The van der Waals surface area contributed by atoms with Crippen LogP contribution >= 0.6 is 11.6 Å². The third-order valence-corrected chi connectivity index (χ3v) is 2.53. The topological polar surface area (TPSA) is 83.0 Å². The molecule has 1 heterocycles. The summed E-state index contributed by atoms with van der Waals surface area (Å²) in [6.07, 6.45) is 1.62. The number of aromatic nitrogens is 3. The molecular weight excluding hydrogens is 254 g/mol. The van der Waals surface area contributed by atoms with Gasteiger partial charge in [0.1, 0.15) is 0 Å². The van der Waals surface area contributed by atoms with E-state index >= 15 is 0 Å². The number of anilines is 2. The van der Waals surface area contributed by atoms with E-state index in [1.165, 1.54) is 0 Å². The summed E-state index contributed by atoms with van der Waals surface area (Å²) < 4.78 is 0. The molecule has 1 unspecified atom stereocenters. The van der Waals surface area contributed by atoms with E-state index in [2.05, 4.69) is 25.6 Å². The van der Waals surface area contributed by atoms with Gasteiger partial charge in [-0.2, -0.15) is 15.0 Å². The quantitative estimate of drug-likeness (QED) is 0.704. The molecule has 1 aromatic rings. The fourth-order valence-corrected chi connectivity index (χ4v) is 1.72. The maximum atomic E-state index is 10.0. The van der Waals surface area contributed by atoms with E-state index in [1.807, 2.05) is 13.8 Å². The van der Waals surface area contributed by atoms with Gasteiger partial charge in [0.2, 0.25) is 17.2 Å². The van der Waals surface area contributed by atoms with Crippen LogP contribution in [0.15, 0.2) is 0 Å². The third kappa shape index (κ3) is 5.01. The fourth-order valence-electron chi connectivity index (χ4n) is 1.56. The molecule has 0 aliphatic rings. The Kier molecular flexibility index (Phi) is 5.55. The van der Waals surface area contributed by atoms with E-state index < -0.39 is 5.60 Å². The summed E-state index contributed by atoms with van der Waals surface area (Å²) in [5, 5.41) is 16.1. The van der Waals surface area contributed by atoms with E-state index in [0.29, 0.717) is 31.4 Å². The van der Waals surface area contributed by atoms with Gasteiger partial charge in [0.15, 0.2) is 0 Å². The Morgan fingerprint density at radius 2 is 1.78 bits per heavy atom.